The van der Waals surface area contributed by atoms with Crippen LogP contribution in [0.25, 0.3) is 0 Å². The number of aryl methyl sites for hydroxylation is 2. The number of nitrogens with two attached hydrogens (primary N) is 1. The molecule has 0 amide bonds. The Hall–Kier alpha value is -0.860. The van der Waals surface area contributed by atoms with Gasteiger partial charge < -0.3 is 10.5 Å². The normalized spacial score (nSPS) is 16.9. The summed E-state index contributed by atoms with van der Waals surface area (Å²) >= 11 is 0. The summed E-state index contributed by atoms with van der Waals surface area (Å²) in [4.78, 5) is 0. The smallest absolute Gasteiger partial charge is 0.0666 e. The number of hydrogen-bond donors (Lipinski definition) is 1. The second-order valence-electron chi connectivity index (χ2n) is 5.91. The van der Waals surface area contributed by atoms with Crippen LogP contribution in [0.15, 0.2) is 18.2 Å². The molecular weight excluding hydrogens is 210 g/mol. The maximum atomic E-state index is 6.17. The molecule has 1 atom stereocenters. The summed E-state index contributed by atoms with van der Waals surface area (Å²) in [5.41, 5.74) is 10.2. The summed E-state index contributed by atoms with van der Waals surface area (Å²) in [5.74, 6) is 0. The molecule has 0 saturated carbocycles. The molecule has 2 nitrogen and oxygen atoms in total. The molecular formula is C15H23NO. The number of ether oxygens (including phenoxy) is 1. The molecule has 0 saturated heterocycles. The minimum absolute atomic E-state index is 0.0138. The van der Waals surface area contributed by atoms with Crippen LogP contribution in [0.2, 0.25) is 0 Å². The van der Waals surface area contributed by atoms with E-state index < -0.39 is 0 Å². The Morgan fingerprint density at radius 2 is 1.94 bits per heavy atom. The Kier molecular flexibility index (Phi) is 3.55. The zero-order valence-electron chi connectivity index (χ0n) is 11.1. The molecule has 0 aromatic heterocycles. The van der Waals surface area contributed by atoms with Gasteiger partial charge in [0.2, 0.25) is 0 Å². The zero-order valence-corrected chi connectivity index (χ0v) is 11.1. The molecule has 0 radical (unpaired) electrons. The third kappa shape index (κ3) is 3.30. The minimum Gasteiger partial charge on any atom is -0.374 e. The Morgan fingerprint density at radius 1 is 1.24 bits per heavy atom. The van der Waals surface area contributed by atoms with Gasteiger partial charge in [0.25, 0.3) is 0 Å². The largest absolute Gasteiger partial charge is 0.374 e. The fraction of sp³-hybridized carbons (Fsp3) is 0.600. The van der Waals surface area contributed by atoms with Gasteiger partial charge in [-0.3, -0.25) is 0 Å². The standard InChI is InChI=1S/C15H23NO/c1-15(2,3)17-10-14(16)13-8-7-11-5-4-6-12(11)9-13/h7-9,14H,4-6,10,16H2,1-3H3. The lowest BCUT2D eigenvalue weighted by molar-refractivity contribution is -0.0102. The van der Waals surface area contributed by atoms with Gasteiger partial charge in [-0.2, -0.15) is 0 Å². The number of hydrogen-bond acceptors (Lipinski definition) is 2. The summed E-state index contributed by atoms with van der Waals surface area (Å²) in [6.45, 7) is 6.76. The number of benzene rings is 1. The van der Waals surface area contributed by atoms with Crippen molar-refractivity contribution in [3.05, 3.63) is 34.9 Å². The molecule has 0 heterocycles. The third-order valence-electron chi connectivity index (χ3n) is 3.25. The number of fused-ring (bicyclic) bond motifs is 1. The van der Waals surface area contributed by atoms with E-state index in [2.05, 4.69) is 39.0 Å². The second kappa shape index (κ2) is 4.79. The molecule has 0 fully saturated rings. The van der Waals surface area contributed by atoms with Crippen molar-refractivity contribution in [3.8, 4) is 0 Å². The van der Waals surface area contributed by atoms with Gasteiger partial charge in [-0.15, -0.1) is 0 Å². The highest BCUT2D eigenvalue weighted by atomic mass is 16.5. The van der Waals surface area contributed by atoms with Crippen LogP contribution in [0.1, 0.15) is 49.9 Å². The maximum absolute atomic E-state index is 6.17. The predicted octanol–water partition coefficient (Wildman–Crippen LogP) is 2.99. The van der Waals surface area contributed by atoms with Gasteiger partial charge in [0.05, 0.1) is 18.2 Å². The third-order valence-corrected chi connectivity index (χ3v) is 3.25. The van der Waals surface area contributed by atoms with Gasteiger partial charge >= 0.3 is 0 Å². The summed E-state index contributed by atoms with van der Waals surface area (Å²) in [6.07, 6.45) is 3.71. The minimum atomic E-state index is -0.117. The van der Waals surface area contributed by atoms with E-state index in [0.717, 1.165) is 0 Å². The maximum Gasteiger partial charge on any atom is 0.0666 e. The molecule has 0 aliphatic heterocycles. The first-order valence-electron chi connectivity index (χ1n) is 6.47. The van der Waals surface area contributed by atoms with Crippen molar-refractivity contribution in [2.45, 2.75) is 51.7 Å². The van der Waals surface area contributed by atoms with Crippen molar-refractivity contribution in [2.75, 3.05) is 6.61 Å². The van der Waals surface area contributed by atoms with E-state index in [4.69, 9.17) is 10.5 Å². The van der Waals surface area contributed by atoms with E-state index in [9.17, 15) is 0 Å². The highest BCUT2D eigenvalue weighted by Gasteiger charge is 2.16. The van der Waals surface area contributed by atoms with Crippen molar-refractivity contribution in [3.63, 3.8) is 0 Å². The van der Waals surface area contributed by atoms with Crippen LogP contribution in [0.3, 0.4) is 0 Å². The molecule has 0 spiro atoms. The Balaban J connectivity index is 2.02. The topological polar surface area (TPSA) is 35.2 Å². The van der Waals surface area contributed by atoms with Crippen molar-refractivity contribution >= 4 is 0 Å². The molecule has 94 valence electrons. The van der Waals surface area contributed by atoms with Crippen molar-refractivity contribution in [1.82, 2.24) is 0 Å². The van der Waals surface area contributed by atoms with Crippen LogP contribution < -0.4 is 5.73 Å². The molecule has 2 heteroatoms. The van der Waals surface area contributed by atoms with Crippen LogP contribution in [-0.4, -0.2) is 12.2 Å². The summed E-state index contributed by atoms with van der Waals surface area (Å²) in [5, 5.41) is 0. The molecule has 1 aromatic carbocycles. The molecule has 1 aromatic rings. The Morgan fingerprint density at radius 3 is 2.65 bits per heavy atom. The van der Waals surface area contributed by atoms with Gasteiger partial charge in [-0.05, 0) is 56.7 Å². The lowest BCUT2D eigenvalue weighted by Gasteiger charge is -2.23. The fourth-order valence-corrected chi connectivity index (χ4v) is 2.26. The average Bonchev–Trinajstić information content (AvgIpc) is 2.71. The summed E-state index contributed by atoms with van der Waals surface area (Å²) in [6, 6.07) is 6.63. The first-order valence-corrected chi connectivity index (χ1v) is 6.47. The first-order chi connectivity index (χ1) is 7.96. The quantitative estimate of drug-likeness (QED) is 0.871. The lowest BCUT2D eigenvalue weighted by Crippen LogP contribution is -2.26. The van der Waals surface area contributed by atoms with Crippen molar-refractivity contribution in [2.24, 2.45) is 5.73 Å². The Bertz CT molecular complexity index is 392. The molecule has 2 N–H and O–H groups in total. The first kappa shape index (κ1) is 12.6. The Labute approximate surface area is 104 Å². The molecule has 0 bridgehead atoms. The molecule has 2 rings (SSSR count). The zero-order chi connectivity index (χ0) is 12.5. The van der Waals surface area contributed by atoms with Crippen LogP contribution in [0.5, 0.6) is 0 Å². The molecule has 1 aliphatic carbocycles. The van der Waals surface area contributed by atoms with Crippen LogP contribution in [0.4, 0.5) is 0 Å². The van der Waals surface area contributed by atoms with Crippen LogP contribution in [0, 0.1) is 0 Å². The summed E-state index contributed by atoms with van der Waals surface area (Å²) in [7, 11) is 0. The van der Waals surface area contributed by atoms with E-state index in [1.807, 2.05) is 0 Å². The van der Waals surface area contributed by atoms with Gasteiger partial charge in [0, 0.05) is 0 Å². The van der Waals surface area contributed by atoms with E-state index in [0.29, 0.717) is 6.61 Å². The van der Waals surface area contributed by atoms with Gasteiger partial charge in [0.1, 0.15) is 0 Å². The van der Waals surface area contributed by atoms with Crippen LogP contribution in [-0.2, 0) is 17.6 Å². The van der Waals surface area contributed by atoms with E-state index in [-0.39, 0.29) is 11.6 Å². The van der Waals surface area contributed by atoms with E-state index in [1.54, 1.807) is 0 Å². The van der Waals surface area contributed by atoms with Crippen molar-refractivity contribution in [1.29, 1.82) is 0 Å². The lowest BCUT2D eigenvalue weighted by atomic mass is 10.0. The van der Waals surface area contributed by atoms with E-state index >= 15 is 0 Å². The van der Waals surface area contributed by atoms with Gasteiger partial charge in [0.15, 0.2) is 0 Å². The molecule has 1 aliphatic rings. The van der Waals surface area contributed by atoms with Gasteiger partial charge in [-0.25, -0.2) is 0 Å². The predicted molar refractivity (Wildman–Crippen MR) is 71.1 cm³/mol. The fourth-order valence-electron chi connectivity index (χ4n) is 2.26. The summed E-state index contributed by atoms with van der Waals surface area (Å²) < 4.78 is 5.74. The highest BCUT2D eigenvalue weighted by molar-refractivity contribution is 5.36. The van der Waals surface area contributed by atoms with Gasteiger partial charge in [-0.1, -0.05) is 18.2 Å². The second-order valence-corrected chi connectivity index (χ2v) is 5.91. The highest BCUT2D eigenvalue weighted by Crippen LogP contribution is 2.25. The van der Waals surface area contributed by atoms with Crippen molar-refractivity contribution < 1.29 is 4.74 Å². The van der Waals surface area contributed by atoms with Crippen LogP contribution >= 0.6 is 0 Å². The monoisotopic (exact) mass is 233 g/mol. The molecule has 17 heavy (non-hydrogen) atoms. The SMILES string of the molecule is CC(C)(C)OCC(N)c1ccc2c(c1)CCC2. The molecule has 1 unspecified atom stereocenters. The van der Waals surface area contributed by atoms with E-state index in [1.165, 1.54) is 36.0 Å². The number of rotatable bonds is 3. The average molecular weight is 233 g/mol.